The molecule has 2 rings (SSSR count). The number of nitrogens with zero attached hydrogens (tertiary/aromatic N) is 3. The topological polar surface area (TPSA) is 80.4 Å². The number of nitrogens with two attached hydrogens (primary N) is 1. The van der Waals surface area contributed by atoms with Crippen molar-refractivity contribution in [1.29, 1.82) is 0 Å². The second kappa shape index (κ2) is 11.9. The first-order chi connectivity index (χ1) is 12.3. The summed E-state index contributed by atoms with van der Waals surface area (Å²) in [5, 5.41) is 0. The first-order valence-electron chi connectivity index (χ1n) is 9.99. The highest BCUT2D eigenvalue weighted by Crippen LogP contribution is 2.20. The molecule has 0 atom stereocenters. The molecule has 0 radical (unpaired) electrons. The average molecular weight is 496 g/mol. The highest BCUT2D eigenvalue weighted by atomic mass is 127. The maximum absolute atomic E-state index is 12.1. The molecule has 2 fully saturated rings. The van der Waals surface area contributed by atoms with E-state index in [1.807, 2.05) is 25.7 Å². The summed E-state index contributed by atoms with van der Waals surface area (Å²) in [5.74, 6) is 0.562. The van der Waals surface area contributed by atoms with Crippen molar-refractivity contribution in [3.8, 4) is 0 Å². The van der Waals surface area contributed by atoms with Crippen LogP contribution in [0.25, 0.3) is 0 Å². The van der Waals surface area contributed by atoms with Gasteiger partial charge in [0, 0.05) is 39.3 Å². The quantitative estimate of drug-likeness (QED) is 0.274. The number of amides is 1. The van der Waals surface area contributed by atoms with Gasteiger partial charge in [0.1, 0.15) is 5.60 Å². The zero-order valence-corrected chi connectivity index (χ0v) is 19.4. The van der Waals surface area contributed by atoms with Crippen molar-refractivity contribution in [2.24, 2.45) is 10.7 Å². The van der Waals surface area contributed by atoms with E-state index in [9.17, 15) is 4.79 Å². The lowest BCUT2D eigenvalue weighted by molar-refractivity contribution is 0.0185. The lowest BCUT2D eigenvalue weighted by atomic mass is 9.98. The predicted molar refractivity (Wildman–Crippen MR) is 119 cm³/mol. The molecule has 2 N–H and O–H groups in total. The summed E-state index contributed by atoms with van der Waals surface area (Å²) in [5.41, 5.74) is 5.63. The standard InChI is InChI=1S/C19H36N4O3.HI/c1-19(2,3)26-18(24)23-13-11-22(12-14-23)17(20)21-10-7-15-25-16-8-5-4-6-9-16;/h16H,4-15H2,1-3H3,(H2,20,21);1H. The minimum absolute atomic E-state index is 0. The third-order valence-electron chi connectivity index (χ3n) is 4.74. The van der Waals surface area contributed by atoms with Gasteiger partial charge in [0.05, 0.1) is 6.10 Å². The SMILES string of the molecule is CC(C)(C)OC(=O)N1CCN(C(N)=NCCCOC2CCCCC2)CC1.I. The second-order valence-corrected chi connectivity index (χ2v) is 8.18. The molecular formula is C19H37IN4O3. The van der Waals surface area contributed by atoms with E-state index < -0.39 is 5.60 Å². The van der Waals surface area contributed by atoms with Gasteiger partial charge in [0.2, 0.25) is 0 Å². The largest absolute Gasteiger partial charge is 0.444 e. The molecule has 1 amide bonds. The van der Waals surface area contributed by atoms with E-state index in [1.54, 1.807) is 4.90 Å². The van der Waals surface area contributed by atoms with Crippen LogP contribution in [0, 0.1) is 0 Å². The Labute approximate surface area is 181 Å². The number of halogens is 1. The molecule has 0 aromatic rings. The molecule has 0 spiro atoms. The Morgan fingerprint density at radius 3 is 2.26 bits per heavy atom. The molecule has 0 aromatic carbocycles. The number of rotatable bonds is 5. The highest BCUT2D eigenvalue weighted by molar-refractivity contribution is 14.0. The molecule has 0 aromatic heterocycles. The van der Waals surface area contributed by atoms with Crippen molar-refractivity contribution in [2.75, 3.05) is 39.3 Å². The zero-order chi connectivity index (χ0) is 19.0. The van der Waals surface area contributed by atoms with Gasteiger partial charge >= 0.3 is 6.09 Å². The molecule has 0 unspecified atom stereocenters. The summed E-state index contributed by atoms with van der Waals surface area (Å²) in [6.07, 6.45) is 7.44. The highest BCUT2D eigenvalue weighted by Gasteiger charge is 2.26. The molecule has 1 heterocycles. The number of piperazine rings is 1. The summed E-state index contributed by atoms with van der Waals surface area (Å²) >= 11 is 0. The van der Waals surface area contributed by atoms with Gasteiger partial charge in [-0.15, -0.1) is 24.0 Å². The number of hydrogen-bond acceptors (Lipinski definition) is 4. The van der Waals surface area contributed by atoms with Crippen LogP contribution < -0.4 is 5.73 Å². The van der Waals surface area contributed by atoms with Crippen molar-refractivity contribution in [3.05, 3.63) is 0 Å². The van der Waals surface area contributed by atoms with Crippen molar-refractivity contribution in [2.45, 2.75) is 71.0 Å². The van der Waals surface area contributed by atoms with Gasteiger partial charge in [-0.3, -0.25) is 4.99 Å². The van der Waals surface area contributed by atoms with Crippen LogP contribution >= 0.6 is 24.0 Å². The van der Waals surface area contributed by atoms with Gasteiger partial charge in [-0.05, 0) is 40.0 Å². The smallest absolute Gasteiger partial charge is 0.410 e. The lowest BCUT2D eigenvalue weighted by Crippen LogP contribution is -2.53. The molecule has 2 aliphatic rings. The lowest BCUT2D eigenvalue weighted by Gasteiger charge is -2.36. The normalized spacial score (nSPS) is 19.6. The van der Waals surface area contributed by atoms with E-state index in [1.165, 1.54) is 32.1 Å². The first-order valence-corrected chi connectivity index (χ1v) is 9.99. The minimum atomic E-state index is -0.464. The zero-order valence-electron chi connectivity index (χ0n) is 17.1. The van der Waals surface area contributed by atoms with Gasteiger partial charge in [-0.2, -0.15) is 0 Å². The summed E-state index contributed by atoms with van der Waals surface area (Å²) in [4.78, 5) is 20.3. The maximum Gasteiger partial charge on any atom is 0.410 e. The predicted octanol–water partition coefficient (Wildman–Crippen LogP) is 3.21. The number of guanidine groups is 1. The fraction of sp³-hybridized carbons (Fsp3) is 0.895. The van der Waals surface area contributed by atoms with Crippen molar-refractivity contribution >= 4 is 36.0 Å². The van der Waals surface area contributed by atoms with Gasteiger partial charge in [-0.1, -0.05) is 19.3 Å². The van der Waals surface area contributed by atoms with Crippen molar-refractivity contribution in [1.82, 2.24) is 9.80 Å². The average Bonchev–Trinajstić information content (AvgIpc) is 2.61. The molecule has 7 nitrogen and oxygen atoms in total. The van der Waals surface area contributed by atoms with Crippen LogP contribution in [-0.4, -0.2) is 72.9 Å². The third kappa shape index (κ3) is 9.32. The summed E-state index contributed by atoms with van der Waals surface area (Å²) in [6, 6.07) is 0. The number of aliphatic imine (C=N–C) groups is 1. The van der Waals surface area contributed by atoms with Crippen LogP contribution in [0.3, 0.4) is 0 Å². The van der Waals surface area contributed by atoms with E-state index in [-0.39, 0.29) is 30.1 Å². The van der Waals surface area contributed by atoms with E-state index in [0.29, 0.717) is 44.8 Å². The van der Waals surface area contributed by atoms with Crippen LogP contribution in [0.2, 0.25) is 0 Å². The molecule has 1 aliphatic heterocycles. The Hall–Kier alpha value is -0.770. The van der Waals surface area contributed by atoms with Gasteiger partial charge in [0.15, 0.2) is 5.96 Å². The summed E-state index contributed by atoms with van der Waals surface area (Å²) in [7, 11) is 0. The molecule has 0 bridgehead atoms. The summed E-state index contributed by atoms with van der Waals surface area (Å²) < 4.78 is 11.3. The van der Waals surface area contributed by atoms with Crippen LogP contribution in [-0.2, 0) is 9.47 Å². The third-order valence-corrected chi connectivity index (χ3v) is 4.74. The molecule has 158 valence electrons. The van der Waals surface area contributed by atoms with Crippen LogP contribution in [0.5, 0.6) is 0 Å². The van der Waals surface area contributed by atoms with E-state index in [4.69, 9.17) is 15.2 Å². The first kappa shape index (κ1) is 24.3. The summed E-state index contributed by atoms with van der Waals surface area (Å²) in [6.45, 7) is 9.67. The molecular weight excluding hydrogens is 459 g/mol. The number of carbonyl (C=O) groups is 1. The molecule has 8 heteroatoms. The van der Waals surface area contributed by atoms with Crippen LogP contribution in [0.4, 0.5) is 4.79 Å². The number of ether oxygens (including phenoxy) is 2. The minimum Gasteiger partial charge on any atom is -0.444 e. The monoisotopic (exact) mass is 496 g/mol. The van der Waals surface area contributed by atoms with E-state index in [2.05, 4.69) is 4.99 Å². The number of carbonyl (C=O) groups excluding carboxylic acids is 1. The molecule has 1 aliphatic carbocycles. The molecule has 1 saturated heterocycles. The van der Waals surface area contributed by atoms with Crippen LogP contribution in [0.1, 0.15) is 59.3 Å². The van der Waals surface area contributed by atoms with E-state index in [0.717, 1.165) is 13.0 Å². The Morgan fingerprint density at radius 1 is 1.07 bits per heavy atom. The maximum atomic E-state index is 12.1. The molecule has 1 saturated carbocycles. The van der Waals surface area contributed by atoms with Crippen molar-refractivity contribution in [3.63, 3.8) is 0 Å². The fourth-order valence-electron chi connectivity index (χ4n) is 3.28. The number of hydrogen-bond donors (Lipinski definition) is 1. The van der Waals surface area contributed by atoms with Gasteiger partial charge < -0.3 is 25.0 Å². The second-order valence-electron chi connectivity index (χ2n) is 8.18. The van der Waals surface area contributed by atoms with Gasteiger partial charge in [0.25, 0.3) is 0 Å². The van der Waals surface area contributed by atoms with Crippen molar-refractivity contribution < 1.29 is 14.3 Å². The Kier molecular flexibility index (Phi) is 10.7. The Bertz CT molecular complexity index is 468. The Balaban J connectivity index is 0.00000364. The molecule has 27 heavy (non-hydrogen) atoms. The Morgan fingerprint density at radius 2 is 1.67 bits per heavy atom. The van der Waals surface area contributed by atoms with Crippen LogP contribution in [0.15, 0.2) is 4.99 Å². The van der Waals surface area contributed by atoms with E-state index >= 15 is 0 Å². The van der Waals surface area contributed by atoms with Gasteiger partial charge in [-0.25, -0.2) is 4.79 Å². The fourth-order valence-corrected chi connectivity index (χ4v) is 3.28.